The fraction of sp³-hybridized carbons (Fsp3) is 0.440. The molecule has 0 unspecified atom stereocenters. The van der Waals surface area contributed by atoms with E-state index in [1.807, 2.05) is 6.07 Å². The fourth-order valence-corrected chi connectivity index (χ4v) is 5.34. The van der Waals surface area contributed by atoms with Crippen LogP contribution in [0.1, 0.15) is 35.7 Å². The molecule has 0 aliphatic carbocycles. The second-order valence-corrected chi connectivity index (χ2v) is 8.59. The number of ether oxygens (including phenoxy) is 1. The molecule has 2 aliphatic heterocycles. The number of aromatic amines is 1. The van der Waals surface area contributed by atoms with Crippen molar-refractivity contribution in [1.29, 1.82) is 0 Å². The van der Waals surface area contributed by atoms with Gasteiger partial charge in [0.25, 0.3) is 0 Å². The van der Waals surface area contributed by atoms with Crippen LogP contribution in [-0.2, 0) is 17.8 Å². The quantitative estimate of drug-likeness (QED) is 0.617. The Morgan fingerprint density at radius 3 is 2.72 bits per heavy atom. The number of H-pyrrole nitrogens is 1. The van der Waals surface area contributed by atoms with E-state index in [1.165, 1.54) is 27.7 Å². The highest BCUT2D eigenvalue weighted by Gasteiger charge is 2.39. The van der Waals surface area contributed by atoms with Gasteiger partial charge in [0, 0.05) is 42.9 Å². The van der Waals surface area contributed by atoms with Gasteiger partial charge in [-0.1, -0.05) is 48.5 Å². The molecule has 1 saturated heterocycles. The molecule has 3 heterocycles. The molecule has 152 valence electrons. The molecule has 2 aliphatic rings. The topological polar surface area (TPSA) is 48.5 Å². The lowest BCUT2D eigenvalue weighted by molar-refractivity contribution is 0.00615. The van der Waals surface area contributed by atoms with Crippen LogP contribution in [0.5, 0.6) is 0 Å². The summed E-state index contributed by atoms with van der Waals surface area (Å²) >= 11 is 0. The Kier molecular flexibility index (Phi) is 5.40. The number of nitrogens with zero attached hydrogens (tertiary/aromatic N) is 1. The Bertz CT molecular complexity index is 952. The van der Waals surface area contributed by atoms with E-state index in [0.29, 0.717) is 24.5 Å². The number of nitrogens with one attached hydrogen (secondary N) is 1. The average Bonchev–Trinajstić information content (AvgIpc) is 3.16. The van der Waals surface area contributed by atoms with Gasteiger partial charge in [0.15, 0.2) is 0 Å². The highest BCUT2D eigenvalue weighted by molar-refractivity contribution is 5.85. The summed E-state index contributed by atoms with van der Waals surface area (Å²) in [5.74, 6) is 0.840. The summed E-state index contributed by atoms with van der Waals surface area (Å²) in [6.07, 6.45) is 3.20. The van der Waals surface area contributed by atoms with Crippen LogP contribution in [0.15, 0.2) is 54.6 Å². The number of para-hydroxylation sites is 1. The van der Waals surface area contributed by atoms with Crippen molar-refractivity contribution in [2.75, 3.05) is 26.3 Å². The van der Waals surface area contributed by atoms with Crippen LogP contribution >= 0.6 is 0 Å². The van der Waals surface area contributed by atoms with E-state index in [-0.39, 0.29) is 6.61 Å². The third-order valence-corrected chi connectivity index (χ3v) is 6.91. The van der Waals surface area contributed by atoms with Gasteiger partial charge >= 0.3 is 0 Å². The lowest BCUT2D eigenvalue weighted by Gasteiger charge is -2.46. The van der Waals surface area contributed by atoms with Crippen LogP contribution in [0.3, 0.4) is 0 Å². The van der Waals surface area contributed by atoms with Crippen molar-refractivity contribution in [2.24, 2.45) is 11.8 Å². The predicted molar refractivity (Wildman–Crippen MR) is 116 cm³/mol. The highest BCUT2D eigenvalue weighted by atomic mass is 16.5. The number of aromatic nitrogens is 1. The predicted octanol–water partition coefficient (Wildman–Crippen LogP) is 4.30. The summed E-state index contributed by atoms with van der Waals surface area (Å²) in [5, 5.41) is 11.4. The van der Waals surface area contributed by atoms with E-state index in [1.54, 1.807) is 0 Å². The van der Waals surface area contributed by atoms with E-state index in [0.717, 1.165) is 39.0 Å². The van der Waals surface area contributed by atoms with E-state index in [9.17, 15) is 5.11 Å². The Morgan fingerprint density at radius 2 is 1.86 bits per heavy atom. The van der Waals surface area contributed by atoms with E-state index in [2.05, 4.69) is 58.4 Å². The molecule has 1 fully saturated rings. The number of benzene rings is 2. The smallest absolute Gasteiger partial charge is 0.0716 e. The van der Waals surface area contributed by atoms with Crippen molar-refractivity contribution in [3.8, 4) is 0 Å². The van der Waals surface area contributed by atoms with Gasteiger partial charge in [-0.25, -0.2) is 0 Å². The van der Waals surface area contributed by atoms with Gasteiger partial charge in [0.1, 0.15) is 0 Å². The van der Waals surface area contributed by atoms with Crippen molar-refractivity contribution in [3.05, 3.63) is 71.4 Å². The Labute approximate surface area is 172 Å². The van der Waals surface area contributed by atoms with Crippen LogP contribution in [-0.4, -0.2) is 41.3 Å². The molecule has 0 amide bonds. The normalized spacial score (nSPS) is 24.4. The molecule has 1 aromatic heterocycles. The maximum absolute atomic E-state index is 10.0. The van der Waals surface area contributed by atoms with Crippen LogP contribution in [0, 0.1) is 11.8 Å². The molecule has 0 bridgehead atoms. The summed E-state index contributed by atoms with van der Waals surface area (Å²) in [7, 11) is 0. The molecule has 4 heteroatoms. The average molecular weight is 391 g/mol. The first-order valence-corrected chi connectivity index (χ1v) is 10.9. The zero-order valence-corrected chi connectivity index (χ0v) is 16.9. The summed E-state index contributed by atoms with van der Waals surface area (Å²) in [6, 6.07) is 19.5. The third kappa shape index (κ3) is 3.73. The number of aliphatic hydroxyl groups is 1. The molecule has 0 saturated carbocycles. The molecule has 3 aromatic rings. The van der Waals surface area contributed by atoms with Gasteiger partial charge in [0.05, 0.1) is 12.6 Å². The largest absolute Gasteiger partial charge is 0.396 e. The van der Waals surface area contributed by atoms with Crippen LogP contribution < -0.4 is 0 Å². The lowest BCUT2D eigenvalue weighted by Crippen LogP contribution is -2.47. The lowest BCUT2D eigenvalue weighted by atomic mass is 9.77. The van der Waals surface area contributed by atoms with Crippen molar-refractivity contribution < 1.29 is 9.84 Å². The van der Waals surface area contributed by atoms with Gasteiger partial charge < -0.3 is 14.8 Å². The number of fused-ring (bicyclic) bond motifs is 5. The SMILES string of the molecule is OC[C@H]1CN2CCc3c([nH]c4ccccc34)[C@@H]2C[C@@H]1CCOCc1ccccc1. The van der Waals surface area contributed by atoms with Gasteiger partial charge in [-0.3, -0.25) is 4.90 Å². The van der Waals surface area contributed by atoms with Crippen LogP contribution in [0.2, 0.25) is 0 Å². The van der Waals surface area contributed by atoms with E-state index in [4.69, 9.17) is 4.74 Å². The van der Waals surface area contributed by atoms with E-state index < -0.39 is 0 Å². The third-order valence-electron chi connectivity index (χ3n) is 6.91. The van der Waals surface area contributed by atoms with Gasteiger partial charge in [-0.05, 0) is 48.3 Å². The highest BCUT2D eigenvalue weighted by Crippen LogP contribution is 2.43. The Balaban J connectivity index is 1.28. The van der Waals surface area contributed by atoms with Crippen LogP contribution in [0.25, 0.3) is 10.9 Å². The standard InChI is InChI=1S/C25H30N2O2/c28-16-20-15-27-12-10-22-21-8-4-5-9-23(21)26-25(22)24(27)14-19(20)11-13-29-17-18-6-2-1-3-7-18/h1-9,19-20,24,26,28H,10-17H2/t19-,20+,24-/m0/s1. The second-order valence-electron chi connectivity index (χ2n) is 8.59. The van der Waals surface area contributed by atoms with Gasteiger partial charge in [-0.15, -0.1) is 0 Å². The molecule has 29 heavy (non-hydrogen) atoms. The molecule has 2 aromatic carbocycles. The summed E-state index contributed by atoms with van der Waals surface area (Å²) in [5.41, 5.74) is 5.38. The zero-order valence-electron chi connectivity index (χ0n) is 16.9. The number of piperidine rings is 1. The van der Waals surface area contributed by atoms with E-state index >= 15 is 0 Å². The summed E-state index contributed by atoms with van der Waals surface area (Å²) < 4.78 is 5.97. The number of aliphatic hydroxyl groups excluding tert-OH is 1. The zero-order chi connectivity index (χ0) is 19.6. The number of hydrogen-bond donors (Lipinski definition) is 2. The first-order valence-electron chi connectivity index (χ1n) is 10.9. The maximum Gasteiger partial charge on any atom is 0.0716 e. The summed E-state index contributed by atoms with van der Waals surface area (Å²) in [6.45, 7) is 3.76. The second kappa shape index (κ2) is 8.31. The molecule has 3 atom stereocenters. The van der Waals surface area contributed by atoms with Crippen molar-refractivity contribution in [1.82, 2.24) is 9.88 Å². The number of rotatable bonds is 6. The Morgan fingerprint density at radius 1 is 1.03 bits per heavy atom. The molecule has 4 nitrogen and oxygen atoms in total. The van der Waals surface area contributed by atoms with Crippen molar-refractivity contribution in [3.63, 3.8) is 0 Å². The minimum absolute atomic E-state index is 0.270. The maximum atomic E-state index is 10.0. The molecule has 5 rings (SSSR count). The molecule has 2 N–H and O–H groups in total. The number of hydrogen-bond acceptors (Lipinski definition) is 3. The molecular weight excluding hydrogens is 360 g/mol. The molecule has 0 radical (unpaired) electrons. The minimum Gasteiger partial charge on any atom is -0.396 e. The fourth-order valence-electron chi connectivity index (χ4n) is 5.34. The monoisotopic (exact) mass is 390 g/mol. The molecule has 0 spiro atoms. The summed E-state index contributed by atoms with van der Waals surface area (Å²) in [4.78, 5) is 6.31. The van der Waals surface area contributed by atoms with Crippen molar-refractivity contribution >= 4 is 10.9 Å². The Hall–Kier alpha value is -2.14. The van der Waals surface area contributed by atoms with Gasteiger partial charge in [-0.2, -0.15) is 0 Å². The van der Waals surface area contributed by atoms with Gasteiger partial charge in [0.2, 0.25) is 0 Å². The first-order chi connectivity index (χ1) is 14.3. The van der Waals surface area contributed by atoms with Crippen LogP contribution in [0.4, 0.5) is 0 Å². The molecular formula is C25H30N2O2. The first kappa shape index (κ1) is 18.9. The minimum atomic E-state index is 0.270. The van der Waals surface area contributed by atoms with Crippen molar-refractivity contribution in [2.45, 2.75) is 31.9 Å².